The van der Waals surface area contributed by atoms with Crippen LogP contribution in [0.3, 0.4) is 0 Å². The Morgan fingerprint density at radius 2 is 2.12 bits per heavy atom. The summed E-state index contributed by atoms with van der Waals surface area (Å²) in [4.78, 5) is 23.7. The molecule has 2 N–H and O–H groups in total. The minimum absolute atomic E-state index is 0.0546. The highest BCUT2D eigenvalue weighted by Gasteiger charge is 2.28. The molecule has 1 aliphatic rings. The Kier molecular flexibility index (Phi) is 4.36. The maximum absolute atomic E-state index is 12.4. The van der Waals surface area contributed by atoms with Gasteiger partial charge in [0, 0.05) is 0 Å². The van der Waals surface area contributed by atoms with Gasteiger partial charge in [-0.1, -0.05) is 6.92 Å². The molecule has 0 spiro atoms. The summed E-state index contributed by atoms with van der Waals surface area (Å²) >= 11 is 0. The maximum atomic E-state index is 12.4. The first kappa shape index (κ1) is 16.8. The third-order valence-electron chi connectivity index (χ3n) is 3.53. The first-order valence-electron chi connectivity index (χ1n) is 7.36. The summed E-state index contributed by atoms with van der Waals surface area (Å²) < 4.78 is 32.2. The van der Waals surface area contributed by atoms with Gasteiger partial charge in [0.05, 0.1) is 28.5 Å². The molecule has 1 aliphatic heterocycles. The Balaban J connectivity index is 1.85. The Morgan fingerprint density at radius 3 is 2.80 bits per heavy atom. The zero-order valence-corrected chi connectivity index (χ0v) is 13.9. The predicted molar refractivity (Wildman–Crippen MR) is 86.5 cm³/mol. The van der Waals surface area contributed by atoms with Crippen molar-refractivity contribution in [2.24, 2.45) is 0 Å². The highest BCUT2D eigenvalue weighted by Crippen LogP contribution is 2.32. The smallest absolute Gasteiger partial charge is 0.266 e. The van der Waals surface area contributed by atoms with Crippen molar-refractivity contribution in [2.45, 2.75) is 24.3 Å². The van der Waals surface area contributed by atoms with Crippen LogP contribution in [-0.2, 0) is 14.8 Å². The van der Waals surface area contributed by atoms with Gasteiger partial charge in [0.2, 0.25) is 0 Å². The van der Waals surface area contributed by atoms with Crippen LogP contribution in [0.4, 0.5) is 5.69 Å². The van der Waals surface area contributed by atoms with Crippen LogP contribution < -0.4 is 14.8 Å². The van der Waals surface area contributed by atoms with E-state index < -0.39 is 22.0 Å². The average molecular weight is 362 g/mol. The number of benzene rings is 1. The standard InChI is InChI=1S/C15H14N4O5S/c1-2-12-15(21)18-11-7-10(3-4-13(11)24-12)25(22,23)19-14(20)9-5-6-16-17-8-9/h3-8,12H,2H2,1H3,(H,18,21)(H,19,20)/t12-/m0/s1. The van der Waals surface area contributed by atoms with E-state index in [1.54, 1.807) is 6.92 Å². The van der Waals surface area contributed by atoms with Gasteiger partial charge in [-0.25, -0.2) is 13.1 Å². The third kappa shape index (κ3) is 3.43. The van der Waals surface area contributed by atoms with E-state index in [0.29, 0.717) is 12.2 Å². The largest absolute Gasteiger partial charge is 0.478 e. The van der Waals surface area contributed by atoms with Crippen LogP contribution in [-0.4, -0.2) is 36.5 Å². The van der Waals surface area contributed by atoms with Crippen molar-refractivity contribution in [3.8, 4) is 5.75 Å². The molecule has 0 unspecified atom stereocenters. The number of ether oxygens (including phenoxy) is 1. The van der Waals surface area contributed by atoms with E-state index in [2.05, 4.69) is 15.5 Å². The van der Waals surface area contributed by atoms with Gasteiger partial charge >= 0.3 is 0 Å². The van der Waals surface area contributed by atoms with Crippen molar-refractivity contribution in [3.63, 3.8) is 0 Å². The zero-order chi connectivity index (χ0) is 18.0. The molecule has 3 rings (SSSR count). The zero-order valence-electron chi connectivity index (χ0n) is 13.1. The molecule has 9 nitrogen and oxygen atoms in total. The van der Waals surface area contributed by atoms with E-state index in [-0.39, 0.29) is 22.1 Å². The molecule has 2 amide bonds. The monoisotopic (exact) mass is 362 g/mol. The molecule has 1 aromatic carbocycles. The Bertz CT molecular complexity index is 930. The summed E-state index contributed by atoms with van der Waals surface area (Å²) in [5, 5.41) is 9.64. The number of fused-ring (bicyclic) bond motifs is 1. The van der Waals surface area contributed by atoms with Gasteiger partial charge in [0.25, 0.3) is 21.8 Å². The minimum Gasteiger partial charge on any atom is -0.478 e. The maximum Gasteiger partial charge on any atom is 0.266 e. The number of hydrogen-bond donors (Lipinski definition) is 2. The number of carbonyl (C=O) groups excluding carboxylic acids is 2. The average Bonchev–Trinajstić information content (AvgIpc) is 2.61. The quantitative estimate of drug-likeness (QED) is 0.819. The van der Waals surface area contributed by atoms with Crippen molar-refractivity contribution < 1.29 is 22.7 Å². The second kappa shape index (κ2) is 6.48. The predicted octanol–water partition coefficient (Wildman–Crippen LogP) is 0.705. The molecule has 0 bridgehead atoms. The number of amides is 2. The van der Waals surface area contributed by atoms with Crippen molar-refractivity contribution in [3.05, 3.63) is 42.2 Å². The topological polar surface area (TPSA) is 127 Å². The van der Waals surface area contributed by atoms with Crippen LogP contribution in [0.1, 0.15) is 23.7 Å². The van der Waals surface area contributed by atoms with E-state index in [4.69, 9.17) is 4.74 Å². The molecule has 0 fully saturated rings. The van der Waals surface area contributed by atoms with E-state index in [9.17, 15) is 18.0 Å². The van der Waals surface area contributed by atoms with Crippen LogP contribution in [0.2, 0.25) is 0 Å². The highest BCUT2D eigenvalue weighted by atomic mass is 32.2. The fraction of sp³-hybridized carbons (Fsp3) is 0.200. The third-order valence-corrected chi connectivity index (χ3v) is 4.85. The lowest BCUT2D eigenvalue weighted by molar-refractivity contribution is -0.123. The lowest BCUT2D eigenvalue weighted by Crippen LogP contribution is -2.36. The van der Waals surface area contributed by atoms with Gasteiger partial charge < -0.3 is 10.1 Å². The van der Waals surface area contributed by atoms with Crippen LogP contribution in [0.15, 0.2) is 41.6 Å². The van der Waals surface area contributed by atoms with Crippen LogP contribution in [0.25, 0.3) is 0 Å². The van der Waals surface area contributed by atoms with Gasteiger partial charge in [-0.15, -0.1) is 0 Å². The summed E-state index contributed by atoms with van der Waals surface area (Å²) in [7, 11) is -4.13. The molecular weight excluding hydrogens is 348 g/mol. The number of carbonyl (C=O) groups is 2. The molecule has 0 aliphatic carbocycles. The van der Waals surface area contributed by atoms with Crippen molar-refractivity contribution in [1.82, 2.24) is 14.9 Å². The fourth-order valence-corrected chi connectivity index (χ4v) is 3.23. The Hall–Kier alpha value is -3.01. The van der Waals surface area contributed by atoms with E-state index in [1.807, 2.05) is 4.72 Å². The van der Waals surface area contributed by atoms with Crippen LogP contribution >= 0.6 is 0 Å². The van der Waals surface area contributed by atoms with Gasteiger partial charge in [-0.05, 0) is 30.7 Å². The Labute approximate surface area is 143 Å². The summed E-state index contributed by atoms with van der Waals surface area (Å²) in [5.74, 6) is -0.814. The number of nitrogens with one attached hydrogen (secondary N) is 2. The van der Waals surface area contributed by atoms with Crippen LogP contribution in [0.5, 0.6) is 5.75 Å². The lowest BCUT2D eigenvalue weighted by atomic mass is 10.2. The molecule has 2 heterocycles. The summed E-state index contributed by atoms with van der Waals surface area (Å²) in [6, 6.07) is 5.30. The number of nitrogens with zero attached hydrogens (tertiary/aromatic N) is 2. The SMILES string of the molecule is CC[C@@H]1Oc2ccc(S(=O)(=O)NC(=O)c3ccnnc3)cc2NC1=O. The number of rotatable bonds is 4. The molecule has 2 aromatic rings. The highest BCUT2D eigenvalue weighted by molar-refractivity contribution is 7.90. The fourth-order valence-electron chi connectivity index (χ4n) is 2.23. The van der Waals surface area contributed by atoms with Crippen LogP contribution in [0, 0.1) is 0 Å². The first-order chi connectivity index (χ1) is 11.9. The molecular formula is C15H14N4O5S. The van der Waals surface area contributed by atoms with Crippen molar-refractivity contribution in [1.29, 1.82) is 0 Å². The number of aromatic nitrogens is 2. The van der Waals surface area contributed by atoms with Gasteiger partial charge in [-0.2, -0.15) is 10.2 Å². The molecule has 10 heteroatoms. The molecule has 25 heavy (non-hydrogen) atoms. The summed E-state index contributed by atoms with van der Waals surface area (Å²) in [6.07, 6.45) is 2.30. The number of anilines is 1. The molecule has 1 aromatic heterocycles. The molecule has 0 radical (unpaired) electrons. The minimum atomic E-state index is -4.13. The number of hydrogen-bond acceptors (Lipinski definition) is 7. The molecule has 130 valence electrons. The second-order valence-corrected chi connectivity index (χ2v) is 6.91. The summed E-state index contributed by atoms with van der Waals surface area (Å²) in [6.45, 7) is 1.80. The van der Waals surface area contributed by atoms with Crippen molar-refractivity contribution >= 4 is 27.5 Å². The van der Waals surface area contributed by atoms with E-state index >= 15 is 0 Å². The lowest BCUT2D eigenvalue weighted by Gasteiger charge is -2.25. The van der Waals surface area contributed by atoms with Gasteiger partial charge in [0.1, 0.15) is 5.75 Å². The van der Waals surface area contributed by atoms with E-state index in [1.165, 1.54) is 30.5 Å². The Morgan fingerprint density at radius 1 is 1.32 bits per heavy atom. The first-order valence-corrected chi connectivity index (χ1v) is 8.84. The molecule has 0 saturated carbocycles. The second-order valence-electron chi connectivity index (χ2n) is 5.23. The molecule has 0 saturated heterocycles. The normalized spacial score (nSPS) is 16.4. The number of sulfonamides is 1. The van der Waals surface area contributed by atoms with E-state index in [0.717, 1.165) is 6.20 Å². The molecule has 1 atom stereocenters. The van der Waals surface area contributed by atoms with Crippen molar-refractivity contribution in [2.75, 3.05) is 5.32 Å². The van der Waals surface area contributed by atoms with Gasteiger partial charge in [-0.3, -0.25) is 9.59 Å². The summed E-state index contributed by atoms with van der Waals surface area (Å²) in [5.41, 5.74) is 0.287. The van der Waals surface area contributed by atoms with Gasteiger partial charge in [0.15, 0.2) is 6.10 Å².